The van der Waals surface area contributed by atoms with E-state index in [4.69, 9.17) is 11.6 Å². The first kappa shape index (κ1) is 11.7. The van der Waals surface area contributed by atoms with Gasteiger partial charge in [-0.05, 0) is 11.5 Å². The first-order valence-corrected chi connectivity index (χ1v) is 5.93. The number of hydrogen-bond donors (Lipinski definition) is 2. The summed E-state index contributed by atoms with van der Waals surface area (Å²) in [6.45, 7) is 0. The summed E-state index contributed by atoms with van der Waals surface area (Å²) in [5, 5.41) is 15.1. The van der Waals surface area contributed by atoms with Crippen molar-refractivity contribution in [3.63, 3.8) is 0 Å². The highest BCUT2D eigenvalue weighted by Gasteiger charge is 2.12. The van der Waals surface area contributed by atoms with Crippen molar-refractivity contribution in [1.82, 2.24) is 15.0 Å². The van der Waals surface area contributed by atoms with Crippen LogP contribution in [-0.2, 0) is 0 Å². The summed E-state index contributed by atoms with van der Waals surface area (Å²) in [6, 6.07) is 9.22. The van der Waals surface area contributed by atoms with Gasteiger partial charge in [0.15, 0.2) is 0 Å². The Kier molecular flexibility index (Phi) is 2.89. The minimum absolute atomic E-state index is 0.0727. The lowest BCUT2D eigenvalue weighted by Gasteiger charge is -2.11. The zero-order chi connectivity index (χ0) is 13.2. The van der Waals surface area contributed by atoms with Crippen molar-refractivity contribution in [2.75, 3.05) is 5.32 Å². The monoisotopic (exact) mass is 272 g/mol. The fraction of sp³-hybridized carbons (Fsp3) is 0. The lowest BCUT2D eigenvalue weighted by atomic mass is 10.1. The molecule has 0 unspecified atom stereocenters. The van der Waals surface area contributed by atoms with E-state index in [1.165, 1.54) is 12.7 Å². The average molecular weight is 273 g/mol. The second kappa shape index (κ2) is 4.70. The number of hydrogen-bond acceptors (Lipinski definition) is 5. The standard InChI is InChI=1S/C13H9ClN4O/c14-10-5-8-3-1-2-4-9(8)12(19)11(10)18-13-16-6-15-7-17-13/h1-7,19H,(H,15,16,17,18). The lowest BCUT2D eigenvalue weighted by Crippen LogP contribution is -1.98. The van der Waals surface area contributed by atoms with E-state index in [9.17, 15) is 5.11 Å². The van der Waals surface area contributed by atoms with Gasteiger partial charge in [-0.15, -0.1) is 0 Å². The molecule has 6 heteroatoms. The van der Waals surface area contributed by atoms with Crippen molar-refractivity contribution in [2.45, 2.75) is 0 Å². The van der Waals surface area contributed by atoms with Crippen LogP contribution in [0.4, 0.5) is 11.6 Å². The predicted molar refractivity (Wildman–Crippen MR) is 73.7 cm³/mol. The molecule has 0 aliphatic carbocycles. The summed E-state index contributed by atoms with van der Waals surface area (Å²) in [4.78, 5) is 11.6. The largest absolute Gasteiger partial charge is 0.505 e. The van der Waals surface area contributed by atoms with Gasteiger partial charge in [0, 0.05) is 5.39 Å². The molecule has 2 aromatic carbocycles. The number of fused-ring (bicyclic) bond motifs is 1. The second-order valence-electron chi connectivity index (χ2n) is 3.89. The van der Waals surface area contributed by atoms with Gasteiger partial charge in [0.1, 0.15) is 24.1 Å². The summed E-state index contributed by atoms with van der Waals surface area (Å²) in [5.41, 5.74) is 0.381. The molecule has 1 heterocycles. The van der Waals surface area contributed by atoms with Crippen LogP contribution in [-0.4, -0.2) is 20.1 Å². The Bertz CT molecular complexity index is 733. The highest BCUT2D eigenvalue weighted by atomic mass is 35.5. The number of halogens is 1. The fourth-order valence-electron chi connectivity index (χ4n) is 1.83. The molecular weight excluding hydrogens is 264 g/mol. The van der Waals surface area contributed by atoms with Crippen LogP contribution in [0.3, 0.4) is 0 Å². The number of rotatable bonds is 2. The van der Waals surface area contributed by atoms with Gasteiger partial charge in [0.2, 0.25) is 5.95 Å². The number of aromatic nitrogens is 3. The Labute approximate surface area is 113 Å². The molecule has 0 aliphatic rings. The molecule has 0 spiro atoms. The number of nitrogens with one attached hydrogen (secondary N) is 1. The summed E-state index contributed by atoms with van der Waals surface area (Å²) in [7, 11) is 0. The van der Waals surface area contributed by atoms with Crippen LogP contribution in [0.1, 0.15) is 0 Å². The van der Waals surface area contributed by atoms with Crippen molar-refractivity contribution < 1.29 is 5.11 Å². The van der Waals surface area contributed by atoms with Crippen LogP contribution in [0.2, 0.25) is 5.02 Å². The Balaban J connectivity index is 2.13. The summed E-state index contributed by atoms with van der Waals surface area (Å²) in [5.74, 6) is 0.394. The SMILES string of the molecule is Oc1c(Nc2ncncn2)c(Cl)cc2ccccc12. The van der Waals surface area contributed by atoms with Crippen LogP contribution in [0, 0.1) is 0 Å². The normalized spacial score (nSPS) is 10.6. The van der Waals surface area contributed by atoms with Gasteiger partial charge >= 0.3 is 0 Å². The second-order valence-corrected chi connectivity index (χ2v) is 4.30. The molecule has 94 valence electrons. The third kappa shape index (κ3) is 2.15. The number of phenolic OH excluding ortho intramolecular Hbond substituents is 1. The highest BCUT2D eigenvalue weighted by molar-refractivity contribution is 6.35. The fourth-order valence-corrected chi connectivity index (χ4v) is 2.08. The molecule has 0 fully saturated rings. The van der Waals surface area contributed by atoms with Crippen molar-refractivity contribution in [2.24, 2.45) is 0 Å². The van der Waals surface area contributed by atoms with Crippen LogP contribution in [0.5, 0.6) is 5.75 Å². The van der Waals surface area contributed by atoms with Crippen LogP contribution < -0.4 is 5.32 Å². The molecule has 0 radical (unpaired) electrons. The minimum Gasteiger partial charge on any atom is -0.505 e. The minimum atomic E-state index is 0.0727. The average Bonchev–Trinajstić information content (AvgIpc) is 2.45. The maximum atomic E-state index is 10.3. The summed E-state index contributed by atoms with van der Waals surface area (Å²) < 4.78 is 0. The van der Waals surface area contributed by atoms with Gasteiger partial charge in [-0.25, -0.2) is 15.0 Å². The van der Waals surface area contributed by atoms with E-state index in [0.29, 0.717) is 22.0 Å². The third-order valence-corrected chi connectivity index (χ3v) is 3.00. The van der Waals surface area contributed by atoms with E-state index in [1.807, 2.05) is 24.3 Å². The molecule has 5 nitrogen and oxygen atoms in total. The molecule has 1 aromatic heterocycles. The van der Waals surface area contributed by atoms with E-state index in [0.717, 1.165) is 5.39 Å². The zero-order valence-corrected chi connectivity index (χ0v) is 10.5. The Hall–Kier alpha value is -2.40. The van der Waals surface area contributed by atoms with Gasteiger partial charge in [0.05, 0.1) is 5.02 Å². The van der Waals surface area contributed by atoms with E-state index in [1.54, 1.807) is 6.07 Å². The summed E-state index contributed by atoms with van der Waals surface area (Å²) >= 11 is 6.16. The molecular formula is C13H9ClN4O. The van der Waals surface area contributed by atoms with Crippen molar-refractivity contribution >= 4 is 34.0 Å². The number of benzene rings is 2. The zero-order valence-electron chi connectivity index (χ0n) is 9.71. The van der Waals surface area contributed by atoms with E-state index >= 15 is 0 Å². The number of phenols is 1. The first-order valence-electron chi connectivity index (χ1n) is 5.55. The van der Waals surface area contributed by atoms with Gasteiger partial charge in [-0.1, -0.05) is 35.9 Å². The molecule has 19 heavy (non-hydrogen) atoms. The molecule has 0 atom stereocenters. The van der Waals surface area contributed by atoms with Crippen LogP contribution in [0.15, 0.2) is 43.0 Å². The molecule has 0 saturated carbocycles. The van der Waals surface area contributed by atoms with Crippen LogP contribution >= 0.6 is 11.6 Å². The highest BCUT2D eigenvalue weighted by Crippen LogP contribution is 2.39. The van der Waals surface area contributed by atoms with Gasteiger partial charge < -0.3 is 10.4 Å². The van der Waals surface area contributed by atoms with Crippen LogP contribution in [0.25, 0.3) is 10.8 Å². The van der Waals surface area contributed by atoms with Gasteiger partial charge in [-0.2, -0.15) is 0 Å². The smallest absolute Gasteiger partial charge is 0.230 e. The van der Waals surface area contributed by atoms with Crippen molar-refractivity contribution in [1.29, 1.82) is 0 Å². The molecule has 0 saturated heterocycles. The number of aromatic hydroxyl groups is 1. The molecule has 0 amide bonds. The number of anilines is 2. The van der Waals surface area contributed by atoms with Gasteiger partial charge in [-0.3, -0.25) is 0 Å². The maximum absolute atomic E-state index is 10.3. The van der Waals surface area contributed by atoms with Crippen molar-refractivity contribution in [3.05, 3.63) is 48.0 Å². The Morgan fingerprint density at radius 1 is 1.11 bits per heavy atom. The van der Waals surface area contributed by atoms with E-state index < -0.39 is 0 Å². The van der Waals surface area contributed by atoms with E-state index in [-0.39, 0.29) is 5.75 Å². The van der Waals surface area contributed by atoms with E-state index in [2.05, 4.69) is 20.3 Å². The molecule has 3 rings (SSSR count). The topological polar surface area (TPSA) is 70.9 Å². The molecule has 0 aliphatic heterocycles. The molecule has 3 aromatic rings. The maximum Gasteiger partial charge on any atom is 0.230 e. The lowest BCUT2D eigenvalue weighted by molar-refractivity contribution is 0.484. The summed E-state index contributed by atoms with van der Waals surface area (Å²) in [6.07, 6.45) is 2.72. The van der Waals surface area contributed by atoms with Crippen molar-refractivity contribution in [3.8, 4) is 5.75 Å². The third-order valence-electron chi connectivity index (χ3n) is 2.70. The Morgan fingerprint density at radius 2 is 1.84 bits per heavy atom. The molecule has 2 N–H and O–H groups in total. The predicted octanol–water partition coefficient (Wildman–Crippen LogP) is 3.13. The van der Waals surface area contributed by atoms with Gasteiger partial charge in [0.25, 0.3) is 0 Å². The first-order chi connectivity index (χ1) is 9.25. The quantitative estimate of drug-likeness (QED) is 0.701. The molecule has 0 bridgehead atoms. The Morgan fingerprint density at radius 3 is 2.63 bits per heavy atom. The number of nitrogens with zero attached hydrogens (tertiary/aromatic N) is 3.